The SMILES string of the molecule is COc1ccc(CN(C)Cc2nc3ccc(Cl)cc3n2CCO)cc1. The molecule has 0 atom stereocenters. The Morgan fingerprint density at radius 1 is 1.16 bits per heavy atom. The molecule has 3 rings (SSSR count). The molecule has 0 spiro atoms. The molecule has 0 aliphatic carbocycles. The van der Waals surface area contributed by atoms with Crippen LogP contribution in [0.15, 0.2) is 42.5 Å². The van der Waals surface area contributed by atoms with Gasteiger partial charge in [-0.15, -0.1) is 0 Å². The number of aromatic nitrogens is 2. The summed E-state index contributed by atoms with van der Waals surface area (Å²) >= 11 is 6.11. The van der Waals surface area contributed by atoms with Gasteiger partial charge in [0, 0.05) is 18.1 Å². The fourth-order valence-corrected chi connectivity index (χ4v) is 3.12. The number of methoxy groups -OCH3 is 1. The number of halogens is 1. The molecule has 0 bridgehead atoms. The summed E-state index contributed by atoms with van der Waals surface area (Å²) in [6.45, 7) is 2.04. The van der Waals surface area contributed by atoms with E-state index in [1.54, 1.807) is 7.11 Å². The van der Waals surface area contributed by atoms with Crippen molar-refractivity contribution in [1.82, 2.24) is 14.5 Å². The third kappa shape index (κ3) is 4.12. The fraction of sp³-hybridized carbons (Fsp3) is 0.316. The first-order chi connectivity index (χ1) is 12.1. The summed E-state index contributed by atoms with van der Waals surface area (Å²) in [6.07, 6.45) is 0. The largest absolute Gasteiger partial charge is 0.497 e. The molecule has 0 saturated heterocycles. The molecule has 0 radical (unpaired) electrons. The van der Waals surface area contributed by atoms with Gasteiger partial charge in [0.2, 0.25) is 0 Å². The van der Waals surface area contributed by atoms with Gasteiger partial charge in [0.05, 0.1) is 31.3 Å². The van der Waals surface area contributed by atoms with Crippen molar-refractivity contribution >= 4 is 22.6 Å². The molecule has 0 unspecified atom stereocenters. The number of benzene rings is 2. The second kappa shape index (κ2) is 7.87. The Morgan fingerprint density at radius 3 is 2.60 bits per heavy atom. The number of rotatable bonds is 7. The highest BCUT2D eigenvalue weighted by molar-refractivity contribution is 6.31. The van der Waals surface area contributed by atoms with Gasteiger partial charge in [-0.2, -0.15) is 0 Å². The summed E-state index contributed by atoms with van der Waals surface area (Å²) in [5.41, 5.74) is 3.05. The van der Waals surface area contributed by atoms with Crippen LogP contribution in [0, 0.1) is 0 Å². The second-order valence-corrected chi connectivity index (χ2v) is 6.49. The number of fused-ring (bicyclic) bond motifs is 1. The lowest BCUT2D eigenvalue weighted by molar-refractivity contribution is 0.266. The maximum atomic E-state index is 9.40. The molecular weight excluding hydrogens is 338 g/mol. The first-order valence-corrected chi connectivity index (χ1v) is 8.55. The fourth-order valence-electron chi connectivity index (χ4n) is 2.96. The first kappa shape index (κ1) is 17.7. The van der Waals surface area contributed by atoms with Crippen LogP contribution in [0.2, 0.25) is 5.02 Å². The van der Waals surface area contributed by atoms with Crippen LogP contribution in [0.5, 0.6) is 5.75 Å². The molecule has 5 nitrogen and oxygen atoms in total. The van der Waals surface area contributed by atoms with Gasteiger partial charge in [0.25, 0.3) is 0 Å². The Kier molecular flexibility index (Phi) is 5.58. The van der Waals surface area contributed by atoms with Crippen molar-refractivity contribution < 1.29 is 9.84 Å². The van der Waals surface area contributed by atoms with Crippen molar-refractivity contribution in [2.75, 3.05) is 20.8 Å². The Balaban J connectivity index is 1.79. The molecule has 0 amide bonds. The number of ether oxygens (including phenoxy) is 1. The van der Waals surface area contributed by atoms with Crippen LogP contribution in [0.25, 0.3) is 11.0 Å². The smallest absolute Gasteiger partial charge is 0.124 e. The molecule has 1 heterocycles. The topological polar surface area (TPSA) is 50.5 Å². The quantitative estimate of drug-likeness (QED) is 0.703. The highest BCUT2D eigenvalue weighted by atomic mass is 35.5. The van der Waals surface area contributed by atoms with E-state index in [1.165, 1.54) is 5.56 Å². The molecule has 132 valence electrons. The van der Waals surface area contributed by atoms with Crippen molar-refractivity contribution in [3.8, 4) is 5.75 Å². The second-order valence-electron chi connectivity index (χ2n) is 6.06. The van der Waals surface area contributed by atoms with Gasteiger partial charge in [0.15, 0.2) is 0 Å². The van der Waals surface area contributed by atoms with Crippen LogP contribution < -0.4 is 4.74 Å². The van der Waals surface area contributed by atoms with E-state index in [0.717, 1.165) is 29.2 Å². The normalized spacial score (nSPS) is 11.4. The number of imidazole rings is 1. The summed E-state index contributed by atoms with van der Waals surface area (Å²) in [6, 6.07) is 13.7. The average molecular weight is 360 g/mol. The van der Waals surface area contributed by atoms with Gasteiger partial charge < -0.3 is 14.4 Å². The molecule has 1 aromatic heterocycles. The van der Waals surface area contributed by atoms with E-state index in [1.807, 2.05) is 34.9 Å². The van der Waals surface area contributed by atoms with E-state index in [4.69, 9.17) is 21.3 Å². The maximum Gasteiger partial charge on any atom is 0.124 e. The van der Waals surface area contributed by atoms with Crippen LogP contribution in [0.3, 0.4) is 0 Å². The minimum Gasteiger partial charge on any atom is -0.497 e. The predicted molar refractivity (Wildman–Crippen MR) is 100.0 cm³/mol. The lowest BCUT2D eigenvalue weighted by atomic mass is 10.2. The number of hydrogen-bond donors (Lipinski definition) is 1. The van der Waals surface area contributed by atoms with E-state index in [2.05, 4.69) is 24.1 Å². The maximum absolute atomic E-state index is 9.40. The minimum absolute atomic E-state index is 0.0627. The molecule has 0 aliphatic rings. The van der Waals surface area contributed by atoms with Crippen LogP contribution in [0.4, 0.5) is 0 Å². The van der Waals surface area contributed by atoms with E-state index in [0.29, 0.717) is 18.1 Å². The molecule has 0 saturated carbocycles. The van der Waals surface area contributed by atoms with Crippen molar-refractivity contribution in [1.29, 1.82) is 0 Å². The van der Waals surface area contributed by atoms with Crippen molar-refractivity contribution in [3.63, 3.8) is 0 Å². The Labute approximate surface area is 152 Å². The van der Waals surface area contributed by atoms with E-state index >= 15 is 0 Å². The predicted octanol–water partition coefficient (Wildman–Crippen LogP) is 3.32. The monoisotopic (exact) mass is 359 g/mol. The number of nitrogens with zero attached hydrogens (tertiary/aromatic N) is 3. The van der Waals surface area contributed by atoms with Crippen LogP contribution >= 0.6 is 11.6 Å². The van der Waals surface area contributed by atoms with Gasteiger partial charge >= 0.3 is 0 Å². The van der Waals surface area contributed by atoms with E-state index < -0.39 is 0 Å². The van der Waals surface area contributed by atoms with Gasteiger partial charge in [-0.25, -0.2) is 4.98 Å². The standard InChI is InChI=1S/C19H22ClN3O2/c1-22(12-14-3-6-16(25-2)7-4-14)13-19-21-17-8-5-15(20)11-18(17)23(19)9-10-24/h3-8,11,24H,9-10,12-13H2,1-2H3. The van der Waals surface area contributed by atoms with E-state index in [-0.39, 0.29) is 6.61 Å². The summed E-state index contributed by atoms with van der Waals surface area (Å²) < 4.78 is 7.23. The molecular formula is C19H22ClN3O2. The zero-order valence-electron chi connectivity index (χ0n) is 14.4. The number of hydrogen-bond acceptors (Lipinski definition) is 4. The molecule has 0 aliphatic heterocycles. The third-order valence-corrected chi connectivity index (χ3v) is 4.37. The van der Waals surface area contributed by atoms with Crippen LogP contribution in [-0.4, -0.2) is 40.3 Å². The van der Waals surface area contributed by atoms with Crippen LogP contribution in [-0.2, 0) is 19.6 Å². The average Bonchev–Trinajstić information content (AvgIpc) is 2.93. The van der Waals surface area contributed by atoms with Gasteiger partial charge in [-0.3, -0.25) is 4.90 Å². The van der Waals surface area contributed by atoms with Crippen LogP contribution in [0.1, 0.15) is 11.4 Å². The summed E-state index contributed by atoms with van der Waals surface area (Å²) in [5, 5.41) is 10.1. The molecule has 3 aromatic rings. The van der Waals surface area contributed by atoms with Gasteiger partial charge in [-0.05, 0) is 42.9 Å². The minimum atomic E-state index is 0.0627. The lowest BCUT2D eigenvalue weighted by Crippen LogP contribution is -2.20. The third-order valence-electron chi connectivity index (χ3n) is 4.14. The van der Waals surface area contributed by atoms with Gasteiger partial charge in [0.1, 0.15) is 11.6 Å². The van der Waals surface area contributed by atoms with E-state index in [9.17, 15) is 5.11 Å². The molecule has 0 fully saturated rings. The number of aliphatic hydroxyl groups excluding tert-OH is 1. The zero-order chi connectivity index (χ0) is 17.8. The zero-order valence-corrected chi connectivity index (χ0v) is 15.2. The summed E-state index contributed by atoms with van der Waals surface area (Å²) in [7, 11) is 3.72. The van der Waals surface area contributed by atoms with Gasteiger partial charge in [-0.1, -0.05) is 23.7 Å². The van der Waals surface area contributed by atoms with Crippen molar-refractivity contribution in [2.45, 2.75) is 19.6 Å². The highest BCUT2D eigenvalue weighted by Crippen LogP contribution is 2.22. The molecule has 1 N–H and O–H groups in total. The molecule has 2 aromatic carbocycles. The summed E-state index contributed by atoms with van der Waals surface area (Å²) in [5.74, 6) is 1.77. The van der Waals surface area contributed by atoms with Crippen molar-refractivity contribution in [2.24, 2.45) is 0 Å². The number of aliphatic hydroxyl groups is 1. The van der Waals surface area contributed by atoms with Crippen molar-refractivity contribution in [3.05, 3.63) is 58.9 Å². The highest BCUT2D eigenvalue weighted by Gasteiger charge is 2.13. The Morgan fingerprint density at radius 2 is 1.92 bits per heavy atom. The lowest BCUT2D eigenvalue weighted by Gasteiger charge is -2.17. The Hall–Kier alpha value is -2.08. The molecule has 6 heteroatoms. The molecule has 25 heavy (non-hydrogen) atoms. The first-order valence-electron chi connectivity index (χ1n) is 8.17. The Bertz CT molecular complexity index is 846. The summed E-state index contributed by atoms with van der Waals surface area (Å²) in [4.78, 5) is 6.91.